The normalized spacial score (nSPS) is 17.3. The molecular weight excluding hydrogens is 512 g/mol. The van der Waals surface area contributed by atoms with Crippen LogP contribution in [-0.2, 0) is 16.4 Å². The molecule has 3 atom stereocenters. The molecule has 1 heterocycles. The minimum atomic E-state index is -3.71. The maximum absolute atomic E-state index is 13.4. The molecule has 9 heteroatoms. The van der Waals surface area contributed by atoms with E-state index in [-0.39, 0.29) is 23.0 Å². The molecule has 4 rings (SSSR count). The highest BCUT2D eigenvalue weighted by Gasteiger charge is 2.29. The number of rotatable bonds is 11. The second-order valence-electron chi connectivity index (χ2n) is 10.1. The van der Waals surface area contributed by atoms with Gasteiger partial charge in [-0.05, 0) is 49.7 Å². The number of nitrogens with zero attached hydrogens (tertiary/aromatic N) is 2. The van der Waals surface area contributed by atoms with E-state index < -0.39 is 28.1 Å². The molecule has 1 fully saturated rings. The van der Waals surface area contributed by atoms with Gasteiger partial charge in [0.1, 0.15) is 0 Å². The average molecular weight is 551 g/mol. The molecule has 208 valence electrons. The molecule has 0 saturated carbocycles. The van der Waals surface area contributed by atoms with Crippen molar-refractivity contribution in [3.05, 3.63) is 102 Å². The van der Waals surface area contributed by atoms with Crippen LogP contribution >= 0.6 is 0 Å². The maximum atomic E-state index is 13.4. The molecule has 1 aliphatic heterocycles. The van der Waals surface area contributed by atoms with Crippen LogP contribution in [0.2, 0.25) is 0 Å². The molecule has 0 aliphatic carbocycles. The molecule has 0 bridgehead atoms. The molecule has 3 aromatic carbocycles. The molecule has 1 saturated heterocycles. The molecule has 8 nitrogen and oxygen atoms in total. The van der Waals surface area contributed by atoms with Gasteiger partial charge in [0.15, 0.2) is 0 Å². The number of aliphatic hydroxyl groups excluding tert-OH is 1. The standard InChI is InChI=1S/C30H38N4O4S/c1-23(25-12-7-4-8-13-25)31-22-29(35)28(20-24-10-5-3-6-11-24)32-30(36)26-14-9-15-27(21-26)39(37,38)34-18-16-33(2)17-19-34/h3-15,21,23,28-29,31,35H,16-20,22H2,1-2H3,(H,32,36)/t23-,28+,29-/m1/s1. The predicted molar refractivity (Wildman–Crippen MR) is 153 cm³/mol. The smallest absolute Gasteiger partial charge is 0.251 e. The van der Waals surface area contributed by atoms with Crippen LogP contribution in [-0.4, -0.2) is 80.6 Å². The zero-order chi connectivity index (χ0) is 27.8. The lowest BCUT2D eigenvalue weighted by atomic mass is 10.00. The number of benzene rings is 3. The summed E-state index contributed by atoms with van der Waals surface area (Å²) in [6.07, 6.45) is -0.452. The predicted octanol–water partition coefficient (Wildman–Crippen LogP) is 2.68. The molecule has 0 unspecified atom stereocenters. The minimum Gasteiger partial charge on any atom is -0.390 e. The number of sulfonamides is 1. The number of piperazine rings is 1. The summed E-state index contributed by atoms with van der Waals surface area (Å²) in [4.78, 5) is 15.5. The lowest BCUT2D eigenvalue weighted by Crippen LogP contribution is -2.49. The van der Waals surface area contributed by atoms with E-state index in [1.807, 2.05) is 74.6 Å². The van der Waals surface area contributed by atoms with E-state index in [9.17, 15) is 18.3 Å². The second-order valence-corrected chi connectivity index (χ2v) is 12.1. The number of carbonyl (C=O) groups excluding carboxylic acids is 1. The molecule has 0 radical (unpaired) electrons. The largest absolute Gasteiger partial charge is 0.390 e. The van der Waals surface area contributed by atoms with E-state index in [1.54, 1.807) is 12.1 Å². The Morgan fingerprint density at radius 2 is 1.56 bits per heavy atom. The highest BCUT2D eigenvalue weighted by atomic mass is 32.2. The zero-order valence-electron chi connectivity index (χ0n) is 22.5. The number of carbonyl (C=O) groups is 1. The van der Waals surface area contributed by atoms with Gasteiger partial charge in [-0.2, -0.15) is 4.31 Å². The Hall–Kier alpha value is -3.08. The molecule has 39 heavy (non-hydrogen) atoms. The van der Waals surface area contributed by atoms with Crippen molar-refractivity contribution in [1.29, 1.82) is 0 Å². The summed E-state index contributed by atoms with van der Waals surface area (Å²) < 4.78 is 27.9. The van der Waals surface area contributed by atoms with Gasteiger partial charge in [0.25, 0.3) is 5.91 Å². The van der Waals surface area contributed by atoms with Crippen molar-refractivity contribution in [3.63, 3.8) is 0 Å². The Morgan fingerprint density at radius 1 is 0.923 bits per heavy atom. The third-order valence-electron chi connectivity index (χ3n) is 7.21. The third kappa shape index (κ3) is 7.74. The summed E-state index contributed by atoms with van der Waals surface area (Å²) in [5.74, 6) is -0.429. The minimum absolute atomic E-state index is 0.0189. The lowest BCUT2D eigenvalue weighted by molar-refractivity contribution is 0.0825. The third-order valence-corrected chi connectivity index (χ3v) is 9.10. The van der Waals surface area contributed by atoms with Crippen LogP contribution in [0.1, 0.15) is 34.5 Å². The Kier molecular flexibility index (Phi) is 9.88. The topological polar surface area (TPSA) is 102 Å². The van der Waals surface area contributed by atoms with Gasteiger partial charge in [0.2, 0.25) is 10.0 Å². The summed E-state index contributed by atoms with van der Waals surface area (Å²) in [6.45, 7) is 4.44. The molecular formula is C30H38N4O4S. The van der Waals surface area contributed by atoms with Gasteiger partial charge in [-0.25, -0.2) is 8.42 Å². The van der Waals surface area contributed by atoms with Gasteiger partial charge in [-0.1, -0.05) is 66.7 Å². The SMILES string of the molecule is C[C@@H](NC[C@@H](O)[C@H](Cc1ccccc1)NC(=O)c1cccc(S(=O)(=O)N2CCN(C)CC2)c1)c1ccccc1. The van der Waals surface area contributed by atoms with Crippen molar-refractivity contribution in [2.45, 2.75) is 36.4 Å². The van der Waals surface area contributed by atoms with Crippen LogP contribution in [0.25, 0.3) is 0 Å². The fourth-order valence-electron chi connectivity index (χ4n) is 4.68. The van der Waals surface area contributed by atoms with Crippen LogP contribution in [0.3, 0.4) is 0 Å². The van der Waals surface area contributed by atoms with E-state index in [4.69, 9.17) is 0 Å². The van der Waals surface area contributed by atoms with Crippen molar-refractivity contribution < 1.29 is 18.3 Å². The number of likely N-dealkylation sites (N-methyl/N-ethyl adjacent to an activating group) is 1. The summed E-state index contributed by atoms with van der Waals surface area (Å²) >= 11 is 0. The Balaban J connectivity index is 1.48. The number of nitrogens with one attached hydrogen (secondary N) is 2. The second kappa shape index (κ2) is 13.3. The number of amides is 1. The summed E-state index contributed by atoms with van der Waals surface area (Å²) in [7, 11) is -1.75. The van der Waals surface area contributed by atoms with E-state index in [0.717, 1.165) is 11.1 Å². The first-order valence-corrected chi connectivity index (χ1v) is 14.8. The van der Waals surface area contributed by atoms with Gasteiger partial charge in [0.05, 0.1) is 17.0 Å². The fourth-order valence-corrected chi connectivity index (χ4v) is 6.15. The summed E-state index contributed by atoms with van der Waals surface area (Å²) in [5.41, 5.74) is 2.32. The van der Waals surface area contributed by atoms with E-state index in [1.165, 1.54) is 16.4 Å². The maximum Gasteiger partial charge on any atom is 0.251 e. The summed E-state index contributed by atoms with van der Waals surface area (Å²) in [6, 6.07) is 25.2. The number of aliphatic hydroxyl groups is 1. The first-order chi connectivity index (χ1) is 18.7. The Labute approximate surface area is 231 Å². The highest BCUT2D eigenvalue weighted by Crippen LogP contribution is 2.19. The van der Waals surface area contributed by atoms with Crippen molar-refractivity contribution in [2.75, 3.05) is 39.8 Å². The average Bonchev–Trinajstić information content (AvgIpc) is 2.96. The monoisotopic (exact) mass is 550 g/mol. The van der Waals surface area contributed by atoms with Gasteiger partial charge in [-0.3, -0.25) is 4.79 Å². The van der Waals surface area contributed by atoms with Gasteiger partial charge in [0, 0.05) is 44.3 Å². The van der Waals surface area contributed by atoms with Gasteiger partial charge >= 0.3 is 0 Å². The van der Waals surface area contributed by atoms with Crippen molar-refractivity contribution in [3.8, 4) is 0 Å². The van der Waals surface area contributed by atoms with Gasteiger partial charge in [-0.15, -0.1) is 0 Å². The Morgan fingerprint density at radius 3 is 2.23 bits per heavy atom. The van der Waals surface area contributed by atoms with Crippen LogP contribution in [0, 0.1) is 0 Å². The molecule has 0 aromatic heterocycles. The molecule has 1 aliphatic rings. The lowest BCUT2D eigenvalue weighted by Gasteiger charge is -2.31. The van der Waals surface area contributed by atoms with E-state index >= 15 is 0 Å². The van der Waals surface area contributed by atoms with Crippen LogP contribution in [0.5, 0.6) is 0 Å². The molecule has 3 N–H and O–H groups in total. The summed E-state index contributed by atoms with van der Waals surface area (Å²) in [5, 5.41) is 17.5. The number of hydrogen-bond acceptors (Lipinski definition) is 6. The number of hydrogen-bond donors (Lipinski definition) is 3. The van der Waals surface area contributed by atoms with Crippen molar-refractivity contribution >= 4 is 15.9 Å². The van der Waals surface area contributed by atoms with Crippen LogP contribution in [0.15, 0.2) is 89.8 Å². The first kappa shape index (κ1) is 28.9. The van der Waals surface area contributed by atoms with Crippen molar-refractivity contribution in [1.82, 2.24) is 19.8 Å². The van der Waals surface area contributed by atoms with E-state index in [0.29, 0.717) is 32.6 Å². The van der Waals surface area contributed by atoms with Gasteiger partial charge < -0.3 is 20.6 Å². The Bertz CT molecular complexity index is 1310. The quantitative estimate of drug-likeness (QED) is 0.339. The van der Waals surface area contributed by atoms with Crippen molar-refractivity contribution in [2.24, 2.45) is 0 Å². The van der Waals surface area contributed by atoms with E-state index in [2.05, 4.69) is 15.5 Å². The highest BCUT2D eigenvalue weighted by molar-refractivity contribution is 7.89. The van der Waals surface area contributed by atoms with Crippen LogP contribution < -0.4 is 10.6 Å². The first-order valence-electron chi connectivity index (χ1n) is 13.3. The molecule has 0 spiro atoms. The molecule has 3 aromatic rings. The zero-order valence-corrected chi connectivity index (χ0v) is 23.3. The fraction of sp³-hybridized carbons (Fsp3) is 0.367. The van der Waals surface area contributed by atoms with Crippen LogP contribution in [0.4, 0.5) is 0 Å². The molecule has 1 amide bonds.